The van der Waals surface area contributed by atoms with Crippen molar-refractivity contribution in [2.45, 2.75) is 6.54 Å². The highest BCUT2D eigenvalue weighted by atomic mass is 15.3. The molecule has 1 N–H and O–H groups in total. The van der Waals surface area contributed by atoms with Crippen LogP contribution in [0.15, 0.2) is 36.9 Å². The van der Waals surface area contributed by atoms with E-state index in [1.165, 1.54) is 6.33 Å². The first-order chi connectivity index (χ1) is 6.40. The van der Waals surface area contributed by atoms with Crippen molar-refractivity contribution in [2.75, 3.05) is 0 Å². The van der Waals surface area contributed by atoms with Crippen LogP contribution in [0.4, 0.5) is 0 Å². The van der Waals surface area contributed by atoms with Crippen molar-refractivity contribution in [3.05, 3.63) is 42.5 Å². The maximum Gasteiger partial charge on any atom is 0.138 e. The van der Waals surface area contributed by atoms with Gasteiger partial charge in [0.25, 0.3) is 0 Å². The minimum atomic E-state index is 0.317. The number of nitrogens with one attached hydrogen (secondary N) is 1. The van der Waals surface area contributed by atoms with Gasteiger partial charge in [0.2, 0.25) is 0 Å². The summed E-state index contributed by atoms with van der Waals surface area (Å²) in [6.07, 6.45) is 3.15. The van der Waals surface area contributed by atoms with E-state index in [0.717, 1.165) is 11.3 Å². The Hall–Kier alpha value is -1.68. The van der Waals surface area contributed by atoms with E-state index < -0.39 is 0 Å². The lowest BCUT2D eigenvalue weighted by atomic mass is 10.2. The Labute approximate surface area is 76.0 Å². The Morgan fingerprint density at radius 2 is 2.00 bits per heavy atom. The summed E-state index contributed by atoms with van der Waals surface area (Å²) in [6, 6.07) is 7.70. The molecule has 0 saturated carbocycles. The molecular formula is C9H9N4. The lowest BCUT2D eigenvalue weighted by molar-refractivity contribution is 0.876. The van der Waals surface area contributed by atoms with E-state index in [1.807, 2.05) is 24.3 Å². The summed E-state index contributed by atoms with van der Waals surface area (Å²) in [5, 5.41) is 4.00. The number of rotatable bonds is 2. The van der Waals surface area contributed by atoms with Crippen molar-refractivity contribution in [3.8, 4) is 5.69 Å². The van der Waals surface area contributed by atoms with E-state index in [0.29, 0.717) is 6.54 Å². The molecule has 0 fully saturated rings. The second kappa shape index (κ2) is 3.37. The average molecular weight is 173 g/mol. The first-order valence-corrected chi connectivity index (χ1v) is 3.98. The van der Waals surface area contributed by atoms with Gasteiger partial charge < -0.3 is 0 Å². The first kappa shape index (κ1) is 7.94. The highest BCUT2D eigenvalue weighted by Gasteiger charge is 1.95. The largest absolute Gasteiger partial charge is 0.253 e. The van der Waals surface area contributed by atoms with Crippen LogP contribution in [0.1, 0.15) is 5.56 Å². The molecule has 1 radical (unpaired) electrons. The van der Waals surface area contributed by atoms with Crippen LogP contribution in [-0.4, -0.2) is 14.8 Å². The molecule has 0 aliphatic heterocycles. The van der Waals surface area contributed by atoms with Crippen molar-refractivity contribution in [3.63, 3.8) is 0 Å². The summed E-state index contributed by atoms with van der Waals surface area (Å²) < 4.78 is 1.69. The topological polar surface area (TPSA) is 54.5 Å². The standard InChI is InChI=1S/C9H9N4/c10-5-8-1-3-9(4-2-8)13-7-11-6-12-13/h1-4,6-7,10H,5H2. The molecule has 2 rings (SSSR count). The van der Waals surface area contributed by atoms with Crippen LogP contribution in [0.5, 0.6) is 0 Å². The number of aromatic nitrogens is 3. The molecule has 13 heavy (non-hydrogen) atoms. The lowest BCUT2D eigenvalue weighted by Gasteiger charge is -2.00. The maximum atomic E-state index is 7.15. The minimum absolute atomic E-state index is 0.317. The molecule has 0 bridgehead atoms. The third-order valence-corrected chi connectivity index (χ3v) is 1.82. The fourth-order valence-corrected chi connectivity index (χ4v) is 1.11. The number of benzene rings is 1. The molecule has 1 aromatic carbocycles. The van der Waals surface area contributed by atoms with Gasteiger partial charge in [0, 0.05) is 6.54 Å². The Morgan fingerprint density at radius 1 is 1.23 bits per heavy atom. The quantitative estimate of drug-likeness (QED) is 0.681. The van der Waals surface area contributed by atoms with Crippen LogP contribution in [0.3, 0.4) is 0 Å². The molecule has 1 aromatic heterocycles. The van der Waals surface area contributed by atoms with Crippen LogP contribution < -0.4 is 5.73 Å². The molecule has 4 nitrogen and oxygen atoms in total. The van der Waals surface area contributed by atoms with Gasteiger partial charge in [-0.1, -0.05) is 12.1 Å². The Morgan fingerprint density at radius 3 is 2.54 bits per heavy atom. The van der Waals surface area contributed by atoms with E-state index >= 15 is 0 Å². The van der Waals surface area contributed by atoms with Gasteiger partial charge in [0.1, 0.15) is 12.7 Å². The van der Waals surface area contributed by atoms with Crippen molar-refractivity contribution in [1.82, 2.24) is 20.5 Å². The zero-order valence-corrected chi connectivity index (χ0v) is 7.01. The molecule has 0 aliphatic rings. The van der Waals surface area contributed by atoms with Crippen LogP contribution >= 0.6 is 0 Å². The fourth-order valence-electron chi connectivity index (χ4n) is 1.11. The van der Waals surface area contributed by atoms with Crippen LogP contribution in [-0.2, 0) is 6.54 Å². The molecule has 1 heterocycles. The molecule has 4 heteroatoms. The SMILES string of the molecule is [NH]Cc1ccc(-n2cncn2)cc1. The van der Waals surface area contributed by atoms with Gasteiger partial charge in [-0.05, 0) is 17.7 Å². The second-order valence-corrected chi connectivity index (χ2v) is 2.68. The van der Waals surface area contributed by atoms with Crippen LogP contribution in [0.2, 0.25) is 0 Å². The molecule has 65 valence electrons. The highest BCUT2D eigenvalue weighted by Crippen LogP contribution is 2.07. The van der Waals surface area contributed by atoms with Crippen molar-refractivity contribution >= 4 is 0 Å². The molecule has 0 amide bonds. The van der Waals surface area contributed by atoms with Gasteiger partial charge in [-0.2, -0.15) is 5.10 Å². The summed E-state index contributed by atoms with van der Waals surface area (Å²) in [4.78, 5) is 3.86. The predicted octanol–water partition coefficient (Wildman–Crippen LogP) is 1.05. The maximum absolute atomic E-state index is 7.15. The summed E-state index contributed by atoms with van der Waals surface area (Å²) in [5.41, 5.74) is 9.12. The van der Waals surface area contributed by atoms with Gasteiger partial charge in [-0.25, -0.2) is 9.67 Å². The predicted molar refractivity (Wildman–Crippen MR) is 48.2 cm³/mol. The monoisotopic (exact) mass is 173 g/mol. The molecule has 0 saturated heterocycles. The fraction of sp³-hybridized carbons (Fsp3) is 0.111. The highest BCUT2D eigenvalue weighted by molar-refractivity contribution is 5.33. The molecule has 0 aliphatic carbocycles. The van der Waals surface area contributed by atoms with Crippen molar-refractivity contribution < 1.29 is 0 Å². The van der Waals surface area contributed by atoms with Gasteiger partial charge in [-0.3, -0.25) is 5.73 Å². The van der Waals surface area contributed by atoms with Crippen LogP contribution in [0, 0.1) is 0 Å². The summed E-state index contributed by atoms with van der Waals surface area (Å²) in [7, 11) is 0. The smallest absolute Gasteiger partial charge is 0.138 e. The van der Waals surface area contributed by atoms with Gasteiger partial charge in [0.05, 0.1) is 5.69 Å². The molecule has 0 unspecified atom stereocenters. The number of hydrogen-bond donors (Lipinski definition) is 0. The summed E-state index contributed by atoms with van der Waals surface area (Å²) in [6.45, 7) is 0.317. The van der Waals surface area contributed by atoms with E-state index in [4.69, 9.17) is 5.73 Å². The average Bonchev–Trinajstić information content (AvgIpc) is 2.71. The third kappa shape index (κ3) is 1.57. The second-order valence-electron chi connectivity index (χ2n) is 2.68. The molecule has 0 atom stereocenters. The van der Waals surface area contributed by atoms with Gasteiger partial charge >= 0.3 is 0 Å². The molecule has 0 spiro atoms. The van der Waals surface area contributed by atoms with E-state index in [9.17, 15) is 0 Å². The first-order valence-electron chi connectivity index (χ1n) is 3.98. The normalized spacial score (nSPS) is 10.2. The van der Waals surface area contributed by atoms with E-state index in [1.54, 1.807) is 11.0 Å². The zero-order valence-electron chi connectivity index (χ0n) is 7.01. The minimum Gasteiger partial charge on any atom is -0.253 e. The number of nitrogens with zero attached hydrogens (tertiary/aromatic N) is 3. The lowest BCUT2D eigenvalue weighted by Crippen LogP contribution is -1.94. The van der Waals surface area contributed by atoms with Crippen LogP contribution in [0.25, 0.3) is 5.69 Å². The van der Waals surface area contributed by atoms with Crippen molar-refractivity contribution in [1.29, 1.82) is 0 Å². The number of hydrogen-bond acceptors (Lipinski definition) is 2. The van der Waals surface area contributed by atoms with E-state index in [-0.39, 0.29) is 0 Å². The Balaban J connectivity index is 2.33. The Bertz CT molecular complexity index is 363. The van der Waals surface area contributed by atoms with Gasteiger partial charge in [0.15, 0.2) is 0 Å². The summed E-state index contributed by atoms with van der Waals surface area (Å²) >= 11 is 0. The summed E-state index contributed by atoms with van der Waals surface area (Å²) in [5.74, 6) is 0. The zero-order chi connectivity index (χ0) is 9.10. The van der Waals surface area contributed by atoms with Gasteiger partial charge in [-0.15, -0.1) is 0 Å². The Kier molecular flexibility index (Phi) is 2.06. The van der Waals surface area contributed by atoms with E-state index in [2.05, 4.69) is 10.1 Å². The molecular weight excluding hydrogens is 164 g/mol. The van der Waals surface area contributed by atoms with Crippen molar-refractivity contribution in [2.24, 2.45) is 0 Å². The third-order valence-electron chi connectivity index (χ3n) is 1.82. The molecule has 2 aromatic rings.